The van der Waals surface area contributed by atoms with Crippen molar-refractivity contribution in [2.75, 3.05) is 0 Å². The number of benzene rings is 1. The molecule has 0 aliphatic carbocycles. The Morgan fingerprint density at radius 1 is 1.50 bits per heavy atom. The largest absolute Gasteiger partial charge is 0.457 e. The van der Waals surface area contributed by atoms with Crippen LogP contribution in [0.25, 0.3) is 0 Å². The zero-order valence-electron chi connectivity index (χ0n) is 8.27. The van der Waals surface area contributed by atoms with Gasteiger partial charge in [-0.15, -0.1) is 6.58 Å². The topological polar surface area (TPSA) is 26.3 Å². The molecule has 1 aromatic carbocycles. The van der Waals surface area contributed by atoms with Gasteiger partial charge < -0.3 is 4.74 Å². The summed E-state index contributed by atoms with van der Waals surface area (Å²) < 4.78 is 5.17. The van der Waals surface area contributed by atoms with Crippen molar-refractivity contribution in [1.29, 1.82) is 0 Å². The Bertz CT molecular complexity index is 303. The number of carbonyl (C=O) groups is 1. The highest BCUT2D eigenvalue weighted by atomic mass is 16.5. The molecule has 0 aliphatic heterocycles. The van der Waals surface area contributed by atoms with Crippen LogP contribution in [-0.4, -0.2) is 5.97 Å². The lowest BCUT2D eigenvalue weighted by molar-refractivity contribution is -0.146. The van der Waals surface area contributed by atoms with Crippen LogP contribution >= 0.6 is 0 Å². The summed E-state index contributed by atoms with van der Waals surface area (Å²) in [6.45, 7) is 5.06. The van der Waals surface area contributed by atoms with Gasteiger partial charge in [0.05, 0.1) is 0 Å². The lowest BCUT2D eigenvalue weighted by Crippen LogP contribution is -2.07. The third kappa shape index (κ3) is 3.05. The van der Waals surface area contributed by atoms with Crippen LogP contribution < -0.4 is 0 Å². The second kappa shape index (κ2) is 5.22. The molecule has 1 aromatic rings. The van der Waals surface area contributed by atoms with Gasteiger partial charge in [0.15, 0.2) is 0 Å². The van der Waals surface area contributed by atoms with E-state index in [4.69, 9.17) is 4.74 Å². The van der Waals surface area contributed by atoms with Crippen molar-refractivity contribution in [2.24, 2.45) is 0 Å². The van der Waals surface area contributed by atoms with E-state index in [1.165, 1.54) is 6.92 Å². The molecule has 1 rings (SSSR count). The van der Waals surface area contributed by atoms with Gasteiger partial charge in [-0.25, -0.2) is 0 Å². The van der Waals surface area contributed by atoms with Gasteiger partial charge in [0.2, 0.25) is 0 Å². The summed E-state index contributed by atoms with van der Waals surface area (Å²) in [5.74, 6) is -0.263. The molecule has 0 spiro atoms. The molecule has 2 nitrogen and oxygen atoms in total. The zero-order valence-corrected chi connectivity index (χ0v) is 8.27. The summed E-state index contributed by atoms with van der Waals surface area (Å²) in [6.07, 6.45) is 2.19. The molecule has 0 saturated carbocycles. The van der Waals surface area contributed by atoms with Crippen LogP contribution in [0.2, 0.25) is 0 Å². The van der Waals surface area contributed by atoms with E-state index >= 15 is 0 Å². The normalized spacial score (nSPS) is 11.8. The number of rotatable bonds is 4. The van der Waals surface area contributed by atoms with Gasteiger partial charge in [-0.3, -0.25) is 4.79 Å². The third-order valence-corrected chi connectivity index (χ3v) is 1.86. The maximum atomic E-state index is 10.8. The van der Waals surface area contributed by atoms with Crippen LogP contribution in [0.5, 0.6) is 0 Å². The van der Waals surface area contributed by atoms with Crippen LogP contribution in [0.4, 0.5) is 0 Å². The molecule has 1 atom stereocenters. The summed E-state index contributed by atoms with van der Waals surface area (Å²) in [5.41, 5.74) is 1.00. The maximum Gasteiger partial charge on any atom is 0.303 e. The molecule has 0 radical (unpaired) electrons. The first-order chi connectivity index (χ1) is 6.74. The van der Waals surface area contributed by atoms with E-state index in [-0.39, 0.29) is 12.1 Å². The van der Waals surface area contributed by atoms with E-state index in [9.17, 15) is 4.79 Å². The Balaban J connectivity index is 2.77. The van der Waals surface area contributed by atoms with E-state index in [1.807, 2.05) is 30.3 Å². The molecule has 0 saturated heterocycles. The first kappa shape index (κ1) is 10.5. The minimum atomic E-state index is -0.263. The van der Waals surface area contributed by atoms with Gasteiger partial charge in [0.25, 0.3) is 0 Å². The molecule has 1 unspecified atom stereocenters. The zero-order chi connectivity index (χ0) is 10.4. The average Bonchev–Trinajstić information content (AvgIpc) is 2.18. The minimum absolute atomic E-state index is 0.203. The number of ether oxygens (including phenoxy) is 1. The molecule has 0 N–H and O–H groups in total. The van der Waals surface area contributed by atoms with Crippen LogP contribution in [0.15, 0.2) is 43.0 Å². The first-order valence-electron chi connectivity index (χ1n) is 4.57. The Labute approximate surface area is 84.2 Å². The highest BCUT2D eigenvalue weighted by Gasteiger charge is 2.11. The summed E-state index contributed by atoms with van der Waals surface area (Å²) in [5, 5.41) is 0. The summed E-state index contributed by atoms with van der Waals surface area (Å²) in [7, 11) is 0. The first-order valence-corrected chi connectivity index (χ1v) is 4.57. The molecule has 14 heavy (non-hydrogen) atoms. The standard InChI is InChI=1S/C12H14O2/c1-3-7-12(14-10(2)13)11-8-5-4-6-9-11/h3-6,8-9,12H,1,7H2,2H3. The fourth-order valence-corrected chi connectivity index (χ4v) is 1.27. The molecule has 0 bridgehead atoms. The molecule has 0 heterocycles. The minimum Gasteiger partial charge on any atom is -0.457 e. The molecule has 0 aliphatic rings. The Hall–Kier alpha value is -1.57. The van der Waals surface area contributed by atoms with Gasteiger partial charge in [-0.05, 0) is 5.56 Å². The van der Waals surface area contributed by atoms with Gasteiger partial charge in [0, 0.05) is 13.3 Å². The van der Waals surface area contributed by atoms with Crippen molar-refractivity contribution in [1.82, 2.24) is 0 Å². The SMILES string of the molecule is C=CCC(OC(C)=O)c1ccccc1. The average molecular weight is 190 g/mol. The Morgan fingerprint density at radius 2 is 2.14 bits per heavy atom. The smallest absolute Gasteiger partial charge is 0.303 e. The van der Waals surface area contributed by atoms with Gasteiger partial charge in [-0.2, -0.15) is 0 Å². The van der Waals surface area contributed by atoms with Crippen molar-refractivity contribution >= 4 is 5.97 Å². The summed E-state index contributed by atoms with van der Waals surface area (Å²) >= 11 is 0. The Morgan fingerprint density at radius 3 is 2.64 bits per heavy atom. The number of hydrogen-bond acceptors (Lipinski definition) is 2. The quantitative estimate of drug-likeness (QED) is 0.539. The van der Waals surface area contributed by atoms with E-state index < -0.39 is 0 Å². The van der Waals surface area contributed by atoms with Crippen molar-refractivity contribution in [3.8, 4) is 0 Å². The molecular formula is C12H14O2. The molecule has 0 aromatic heterocycles. The molecule has 74 valence electrons. The lowest BCUT2D eigenvalue weighted by atomic mass is 10.1. The number of esters is 1. The monoisotopic (exact) mass is 190 g/mol. The van der Waals surface area contributed by atoms with Crippen LogP contribution in [-0.2, 0) is 9.53 Å². The van der Waals surface area contributed by atoms with Gasteiger partial charge in [-0.1, -0.05) is 36.4 Å². The van der Waals surface area contributed by atoms with Crippen LogP contribution in [0.3, 0.4) is 0 Å². The van der Waals surface area contributed by atoms with Gasteiger partial charge >= 0.3 is 5.97 Å². The van der Waals surface area contributed by atoms with E-state index in [0.717, 1.165) is 5.56 Å². The molecule has 0 amide bonds. The highest BCUT2D eigenvalue weighted by molar-refractivity contribution is 5.66. The fourth-order valence-electron chi connectivity index (χ4n) is 1.27. The van der Waals surface area contributed by atoms with Crippen LogP contribution in [0.1, 0.15) is 25.0 Å². The third-order valence-electron chi connectivity index (χ3n) is 1.86. The second-order valence-corrected chi connectivity index (χ2v) is 3.03. The summed E-state index contributed by atoms with van der Waals surface area (Å²) in [6, 6.07) is 9.67. The Kier molecular flexibility index (Phi) is 3.92. The van der Waals surface area contributed by atoms with Crippen molar-refractivity contribution in [3.63, 3.8) is 0 Å². The van der Waals surface area contributed by atoms with Crippen LogP contribution in [0, 0.1) is 0 Å². The van der Waals surface area contributed by atoms with E-state index in [1.54, 1.807) is 6.08 Å². The molecule has 2 heteroatoms. The van der Waals surface area contributed by atoms with Gasteiger partial charge in [0.1, 0.15) is 6.10 Å². The lowest BCUT2D eigenvalue weighted by Gasteiger charge is -2.15. The predicted octanol–water partition coefficient (Wildman–Crippen LogP) is 2.87. The van der Waals surface area contributed by atoms with Crippen molar-refractivity contribution in [3.05, 3.63) is 48.6 Å². The number of carbonyl (C=O) groups excluding carboxylic acids is 1. The fraction of sp³-hybridized carbons (Fsp3) is 0.250. The maximum absolute atomic E-state index is 10.8. The second-order valence-electron chi connectivity index (χ2n) is 3.03. The highest BCUT2D eigenvalue weighted by Crippen LogP contribution is 2.21. The predicted molar refractivity (Wildman–Crippen MR) is 55.8 cm³/mol. The molecular weight excluding hydrogens is 176 g/mol. The number of hydrogen-bond donors (Lipinski definition) is 0. The van der Waals surface area contributed by atoms with E-state index in [0.29, 0.717) is 6.42 Å². The van der Waals surface area contributed by atoms with Crippen molar-refractivity contribution in [2.45, 2.75) is 19.4 Å². The summed E-state index contributed by atoms with van der Waals surface area (Å²) in [4.78, 5) is 10.8. The van der Waals surface area contributed by atoms with E-state index in [2.05, 4.69) is 6.58 Å². The van der Waals surface area contributed by atoms with Crippen molar-refractivity contribution < 1.29 is 9.53 Å². The molecule has 0 fully saturated rings.